The van der Waals surface area contributed by atoms with Crippen molar-refractivity contribution in [3.8, 4) is 0 Å². The summed E-state index contributed by atoms with van der Waals surface area (Å²) in [5.74, 6) is -0.430. The topological polar surface area (TPSA) is 98.7 Å². The van der Waals surface area contributed by atoms with Crippen LogP contribution in [0.3, 0.4) is 0 Å². The molecule has 0 saturated heterocycles. The first kappa shape index (κ1) is 17.7. The molecule has 0 bridgehead atoms. The molecular formula is C13H26N2O4. The lowest BCUT2D eigenvalue weighted by Gasteiger charge is -2.21. The molecule has 0 aliphatic rings. The van der Waals surface area contributed by atoms with E-state index in [1.165, 1.54) is 6.92 Å². The van der Waals surface area contributed by atoms with Crippen molar-refractivity contribution in [1.82, 2.24) is 10.6 Å². The molecule has 0 aliphatic carbocycles. The van der Waals surface area contributed by atoms with E-state index in [-0.39, 0.29) is 12.6 Å². The Morgan fingerprint density at radius 2 is 1.84 bits per heavy atom. The van der Waals surface area contributed by atoms with E-state index in [1.807, 2.05) is 0 Å². The van der Waals surface area contributed by atoms with Crippen molar-refractivity contribution < 1.29 is 19.8 Å². The summed E-state index contributed by atoms with van der Waals surface area (Å²) in [5, 5.41) is 23.4. The molecule has 1 unspecified atom stereocenters. The highest BCUT2D eigenvalue weighted by Crippen LogP contribution is 2.07. The number of carbonyl (C=O) groups is 2. The number of unbranched alkanes of at least 4 members (excludes halogenated alkanes) is 1. The minimum atomic E-state index is -1.43. The molecule has 0 heterocycles. The van der Waals surface area contributed by atoms with Crippen LogP contribution >= 0.6 is 0 Å². The Labute approximate surface area is 114 Å². The van der Waals surface area contributed by atoms with Crippen LogP contribution in [0.15, 0.2) is 0 Å². The Bertz CT molecular complexity index is 290. The predicted octanol–water partition coefficient (Wildman–Crippen LogP) is 1.34. The highest BCUT2D eigenvalue weighted by atomic mass is 16.4. The number of rotatable bonds is 9. The fourth-order valence-electron chi connectivity index (χ4n) is 1.60. The number of nitrogens with one attached hydrogen (secondary N) is 2. The van der Waals surface area contributed by atoms with Crippen molar-refractivity contribution >= 4 is 12.0 Å². The second-order valence-electron chi connectivity index (χ2n) is 5.57. The van der Waals surface area contributed by atoms with Gasteiger partial charge in [0.25, 0.3) is 0 Å². The van der Waals surface area contributed by atoms with Crippen molar-refractivity contribution in [2.24, 2.45) is 5.92 Å². The Hall–Kier alpha value is -1.30. The molecule has 0 aromatic carbocycles. The SMILES string of the molecule is CC(C)CCCCNC(=O)NCC(C)(O)CC(=O)O. The Morgan fingerprint density at radius 1 is 1.21 bits per heavy atom. The second-order valence-corrected chi connectivity index (χ2v) is 5.57. The van der Waals surface area contributed by atoms with Gasteiger partial charge in [-0.25, -0.2) is 4.79 Å². The predicted molar refractivity (Wildman–Crippen MR) is 73.0 cm³/mol. The standard InChI is InChI=1S/C13H26N2O4/c1-10(2)6-4-5-7-14-12(18)15-9-13(3,19)8-11(16)17/h10,19H,4-9H2,1-3H3,(H,16,17)(H2,14,15,18). The average molecular weight is 274 g/mol. The number of hydrogen-bond acceptors (Lipinski definition) is 3. The van der Waals surface area contributed by atoms with Gasteiger partial charge in [-0.05, 0) is 19.3 Å². The van der Waals surface area contributed by atoms with E-state index >= 15 is 0 Å². The lowest BCUT2D eigenvalue weighted by molar-refractivity contribution is -0.141. The largest absolute Gasteiger partial charge is 0.481 e. The third kappa shape index (κ3) is 11.5. The van der Waals surface area contributed by atoms with Crippen LogP contribution in [0, 0.1) is 5.92 Å². The summed E-state index contributed by atoms with van der Waals surface area (Å²) in [4.78, 5) is 21.9. The lowest BCUT2D eigenvalue weighted by atomic mass is 10.0. The number of urea groups is 1. The molecule has 0 spiro atoms. The number of carbonyl (C=O) groups excluding carboxylic acids is 1. The van der Waals surface area contributed by atoms with E-state index in [0.29, 0.717) is 12.5 Å². The van der Waals surface area contributed by atoms with E-state index in [9.17, 15) is 14.7 Å². The van der Waals surface area contributed by atoms with Gasteiger partial charge in [0.05, 0.1) is 12.0 Å². The molecule has 0 aromatic rings. The smallest absolute Gasteiger partial charge is 0.314 e. The molecule has 0 radical (unpaired) electrons. The van der Waals surface area contributed by atoms with Crippen molar-refractivity contribution in [3.05, 3.63) is 0 Å². The maximum absolute atomic E-state index is 11.4. The number of carboxylic acids is 1. The Balaban J connectivity index is 3.67. The van der Waals surface area contributed by atoms with Crippen LogP contribution in [0.4, 0.5) is 4.79 Å². The number of aliphatic hydroxyl groups is 1. The van der Waals surface area contributed by atoms with Gasteiger partial charge in [0.1, 0.15) is 0 Å². The molecule has 4 N–H and O–H groups in total. The van der Waals surface area contributed by atoms with Gasteiger partial charge in [0, 0.05) is 13.1 Å². The first-order chi connectivity index (χ1) is 8.73. The maximum Gasteiger partial charge on any atom is 0.314 e. The summed E-state index contributed by atoms with van der Waals surface area (Å²) in [6, 6.07) is -0.379. The van der Waals surface area contributed by atoms with Crippen LogP contribution in [0.25, 0.3) is 0 Å². The average Bonchev–Trinajstić information content (AvgIpc) is 2.24. The van der Waals surface area contributed by atoms with E-state index in [0.717, 1.165) is 19.3 Å². The van der Waals surface area contributed by atoms with Crippen LogP contribution in [0.5, 0.6) is 0 Å². The highest BCUT2D eigenvalue weighted by molar-refractivity contribution is 5.74. The normalized spacial score (nSPS) is 13.9. The zero-order chi connectivity index (χ0) is 14.9. The molecule has 0 rings (SSSR count). The maximum atomic E-state index is 11.4. The van der Waals surface area contributed by atoms with Gasteiger partial charge in [-0.3, -0.25) is 4.79 Å². The molecule has 6 nitrogen and oxygen atoms in total. The summed E-state index contributed by atoms with van der Waals surface area (Å²) in [6.07, 6.45) is 2.71. The fourth-order valence-corrected chi connectivity index (χ4v) is 1.60. The van der Waals surface area contributed by atoms with Gasteiger partial charge in [-0.2, -0.15) is 0 Å². The summed E-state index contributed by atoms with van der Waals surface area (Å²) in [5.41, 5.74) is -1.43. The molecule has 1 atom stereocenters. The third-order valence-electron chi connectivity index (χ3n) is 2.66. The molecule has 112 valence electrons. The summed E-state index contributed by atoms with van der Waals surface area (Å²) < 4.78 is 0. The van der Waals surface area contributed by atoms with Crippen LogP contribution in [-0.2, 0) is 4.79 Å². The lowest BCUT2D eigenvalue weighted by Crippen LogP contribution is -2.46. The number of amides is 2. The van der Waals surface area contributed by atoms with Crippen LogP contribution in [0.1, 0.15) is 46.5 Å². The molecule has 0 fully saturated rings. The number of aliphatic carboxylic acids is 1. The number of hydrogen-bond donors (Lipinski definition) is 4. The summed E-state index contributed by atoms with van der Waals surface area (Å²) in [6.45, 7) is 6.19. The summed E-state index contributed by atoms with van der Waals surface area (Å²) in [7, 11) is 0. The monoisotopic (exact) mass is 274 g/mol. The van der Waals surface area contributed by atoms with Gasteiger partial charge in [-0.1, -0.05) is 26.7 Å². The van der Waals surface area contributed by atoms with Crippen molar-refractivity contribution in [3.63, 3.8) is 0 Å². The first-order valence-electron chi connectivity index (χ1n) is 6.69. The molecule has 0 aromatic heterocycles. The highest BCUT2D eigenvalue weighted by Gasteiger charge is 2.24. The van der Waals surface area contributed by atoms with Gasteiger partial charge in [-0.15, -0.1) is 0 Å². The summed E-state index contributed by atoms with van der Waals surface area (Å²) >= 11 is 0. The molecule has 0 aliphatic heterocycles. The van der Waals surface area contributed by atoms with E-state index < -0.39 is 18.0 Å². The van der Waals surface area contributed by atoms with E-state index in [1.54, 1.807) is 0 Å². The Morgan fingerprint density at radius 3 is 2.37 bits per heavy atom. The van der Waals surface area contributed by atoms with E-state index in [4.69, 9.17) is 5.11 Å². The molecular weight excluding hydrogens is 248 g/mol. The molecule has 19 heavy (non-hydrogen) atoms. The fraction of sp³-hybridized carbons (Fsp3) is 0.846. The molecule has 0 saturated carbocycles. The first-order valence-corrected chi connectivity index (χ1v) is 6.69. The second kappa shape index (κ2) is 8.74. The molecule has 2 amide bonds. The van der Waals surface area contributed by atoms with Gasteiger partial charge in [0.15, 0.2) is 0 Å². The van der Waals surface area contributed by atoms with Crippen LogP contribution in [-0.4, -0.2) is 40.9 Å². The zero-order valence-corrected chi connectivity index (χ0v) is 12.0. The van der Waals surface area contributed by atoms with Crippen molar-refractivity contribution in [2.45, 2.75) is 52.1 Å². The van der Waals surface area contributed by atoms with Gasteiger partial charge >= 0.3 is 12.0 Å². The number of carboxylic acid groups (broad SMARTS) is 1. The van der Waals surface area contributed by atoms with Crippen molar-refractivity contribution in [1.29, 1.82) is 0 Å². The quantitative estimate of drug-likeness (QED) is 0.477. The molecule has 6 heteroatoms. The minimum Gasteiger partial charge on any atom is -0.481 e. The van der Waals surface area contributed by atoms with E-state index in [2.05, 4.69) is 24.5 Å². The third-order valence-corrected chi connectivity index (χ3v) is 2.66. The van der Waals surface area contributed by atoms with Gasteiger partial charge < -0.3 is 20.8 Å². The minimum absolute atomic E-state index is 0.0862. The zero-order valence-electron chi connectivity index (χ0n) is 12.0. The van der Waals surface area contributed by atoms with Crippen LogP contribution in [0.2, 0.25) is 0 Å². The van der Waals surface area contributed by atoms with Crippen LogP contribution < -0.4 is 10.6 Å². The van der Waals surface area contributed by atoms with Crippen molar-refractivity contribution in [2.75, 3.05) is 13.1 Å². The Kier molecular flexibility index (Phi) is 8.14. The van der Waals surface area contributed by atoms with Gasteiger partial charge in [0.2, 0.25) is 0 Å².